The first-order valence-electron chi connectivity index (χ1n) is 9.88. The third kappa shape index (κ3) is 5.31. The van der Waals surface area contributed by atoms with Crippen LogP contribution in [-0.2, 0) is 20.8 Å². The number of aliphatic carboxylic acids is 1. The number of benzene rings is 1. The van der Waals surface area contributed by atoms with Crippen LogP contribution in [0.2, 0.25) is 0 Å². The van der Waals surface area contributed by atoms with E-state index in [9.17, 15) is 14.4 Å². The zero-order valence-electron chi connectivity index (χ0n) is 15.6. The van der Waals surface area contributed by atoms with Gasteiger partial charge in [0, 0.05) is 31.5 Å². The van der Waals surface area contributed by atoms with Crippen LogP contribution in [0.1, 0.15) is 44.1 Å². The Kier molecular flexibility index (Phi) is 6.48. The van der Waals surface area contributed by atoms with E-state index in [2.05, 4.69) is 5.32 Å². The fourth-order valence-corrected chi connectivity index (χ4v) is 4.10. The lowest BCUT2D eigenvalue weighted by Gasteiger charge is -2.32. The van der Waals surface area contributed by atoms with E-state index < -0.39 is 5.97 Å². The maximum absolute atomic E-state index is 12.5. The van der Waals surface area contributed by atoms with Crippen molar-refractivity contribution in [2.45, 2.75) is 51.0 Å². The lowest BCUT2D eigenvalue weighted by atomic mass is 9.95. The maximum atomic E-state index is 12.5. The zero-order chi connectivity index (χ0) is 19.2. The van der Waals surface area contributed by atoms with Gasteiger partial charge in [-0.3, -0.25) is 14.4 Å². The highest BCUT2D eigenvalue weighted by atomic mass is 16.4. The van der Waals surface area contributed by atoms with Gasteiger partial charge in [-0.2, -0.15) is 0 Å². The molecule has 1 aromatic carbocycles. The van der Waals surface area contributed by atoms with Crippen LogP contribution in [0, 0.1) is 11.8 Å². The van der Waals surface area contributed by atoms with E-state index in [-0.39, 0.29) is 29.7 Å². The normalized spacial score (nSPS) is 23.2. The maximum Gasteiger partial charge on any atom is 0.306 e. The van der Waals surface area contributed by atoms with Crippen LogP contribution in [-0.4, -0.2) is 46.9 Å². The van der Waals surface area contributed by atoms with Gasteiger partial charge in [0.15, 0.2) is 0 Å². The molecule has 27 heavy (non-hydrogen) atoms. The first-order valence-corrected chi connectivity index (χ1v) is 9.88. The third-order valence-electron chi connectivity index (χ3n) is 5.82. The van der Waals surface area contributed by atoms with Crippen molar-refractivity contribution in [3.8, 4) is 0 Å². The first-order chi connectivity index (χ1) is 13.0. The van der Waals surface area contributed by atoms with E-state index in [4.69, 9.17) is 5.11 Å². The number of carboxylic acids is 1. The predicted molar refractivity (Wildman–Crippen MR) is 101 cm³/mol. The van der Waals surface area contributed by atoms with Gasteiger partial charge >= 0.3 is 5.97 Å². The van der Waals surface area contributed by atoms with Crippen LogP contribution < -0.4 is 5.32 Å². The average Bonchev–Trinajstić information content (AvgIpc) is 3.16. The molecule has 1 aliphatic carbocycles. The van der Waals surface area contributed by atoms with E-state index in [1.165, 1.54) is 0 Å². The molecule has 1 heterocycles. The second-order valence-corrected chi connectivity index (χ2v) is 7.69. The summed E-state index contributed by atoms with van der Waals surface area (Å²) >= 11 is 0. The fraction of sp³-hybridized carbons (Fsp3) is 0.571. The molecule has 0 bridgehead atoms. The molecular weight excluding hydrogens is 344 g/mol. The summed E-state index contributed by atoms with van der Waals surface area (Å²) in [6.45, 7) is 1.24. The molecule has 0 unspecified atom stereocenters. The number of likely N-dealkylation sites (tertiary alicyclic amines) is 1. The number of hydrogen-bond donors (Lipinski definition) is 2. The van der Waals surface area contributed by atoms with Crippen LogP contribution in [0.5, 0.6) is 0 Å². The Morgan fingerprint density at radius 1 is 1.00 bits per heavy atom. The Bertz CT molecular complexity index is 668. The average molecular weight is 372 g/mol. The minimum atomic E-state index is -0.769. The largest absolute Gasteiger partial charge is 0.481 e. The molecule has 0 aromatic heterocycles. The standard InChI is InChI=1S/C21H28N2O4/c24-19(9-6-15-4-2-1-3-5-15)23-12-10-16(11-13-23)20(25)22-18-8-7-17(14-18)21(26)27/h1-5,16-18H,6-14H2,(H,22,25)(H,26,27)/t17-,18+/m1/s1. The number of aryl methyl sites for hydroxylation is 1. The first kappa shape index (κ1) is 19.4. The summed E-state index contributed by atoms with van der Waals surface area (Å²) < 4.78 is 0. The van der Waals surface area contributed by atoms with Crippen LogP contribution in [0.15, 0.2) is 30.3 Å². The number of nitrogens with one attached hydrogen (secondary N) is 1. The molecule has 2 amide bonds. The Balaban J connectivity index is 1.38. The van der Waals surface area contributed by atoms with Crippen molar-refractivity contribution >= 4 is 17.8 Å². The van der Waals surface area contributed by atoms with Gasteiger partial charge in [-0.05, 0) is 44.1 Å². The van der Waals surface area contributed by atoms with E-state index in [0.29, 0.717) is 45.2 Å². The fourth-order valence-electron chi connectivity index (χ4n) is 4.10. The van der Waals surface area contributed by atoms with E-state index in [1.807, 2.05) is 35.2 Å². The Labute approximate surface area is 159 Å². The SMILES string of the molecule is O=C(N[C@H]1CC[C@@H](C(=O)O)C1)C1CCN(C(=O)CCc2ccccc2)CC1. The van der Waals surface area contributed by atoms with Crippen LogP contribution in [0.25, 0.3) is 0 Å². The molecule has 2 N–H and O–H groups in total. The molecule has 0 spiro atoms. The lowest BCUT2D eigenvalue weighted by molar-refractivity contribution is -0.141. The molecule has 2 aliphatic rings. The van der Waals surface area contributed by atoms with E-state index >= 15 is 0 Å². The van der Waals surface area contributed by atoms with Gasteiger partial charge in [0.2, 0.25) is 11.8 Å². The van der Waals surface area contributed by atoms with E-state index in [0.717, 1.165) is 18.4 Å². The van der Waals surface area contributed by atoms with Crippen molar-refractivity contribution in [2.24, 2.45) is 11.8 Å². The van der Waals surface area contributed by atoms with Gasteiger partial charge in [-0.15, -0.1) is 0 Å². The van der Waals surface area contributed by atoms with Crippen LogP contribution in [0.3, 0.4) is 0 Å². The number of piperidine rings is 1. The molecule has 1 aromatic rings. The molecule has 2 fully saturated rings. The van der Waals surface area contributed by atoms with Gasteiger partial charge in [-0.1, -0.05) is 30.3 Å². The van der Waals surface area contributed by atoms with E-state index in [1.54, 1.807) is 0 Å². The van der Waals surface area contributed by atoms with Crippen molar-refractivity contribution < 1.29 is 19.5 Å². The molecule has 1 saturated carbocycles. The number of amides is 2. The van der Waals surface area contributed by atoms with Crippen molar-refractivity contribution in [2.75, 3.05) is 13.1 Å². The van der Waals surface area contributed by atoms with Crippen molar-refractivity contribution in [3.05, 3.63) is 35.9 Å². The molecule has 6 nitrogen and oxygen atoms in total. The summed E-state index contributed by atoms with van der Waals surface area (Å²) in [5, 5.41) is 12.1. The molecule has 0 radical (unpaired) electrons. The molecule has 3 rings (SSSR count). The minimum Gasteiger partial charge on any atom is -0.481 e. The topological polar surface area (TPSA) is 86.7 Å². The Hall–Kier alpha value is -2.37. The second-order valence-electron chi connectivity index (χ2n) is 7.69. The molecule has 6 heteroatoms. The number of rotatable bonds is 6. The van der Waals surface area contributed by atoms with Gasteiger partial charge < -0.3 is 15.3 Å². The Morgan fingerprint density at radius 3 is 2.33 bits per heavy atom. The minimum absolute atomic E-state index is 0.0161. The number of carbonyl (C=O) groups excluding carboxylic acids is 2. The number of nitrogens with zero attached hydrogens (tertiary/aromatic N) is 1. The van der Waals surface area contributed by atoms with Gasteiger partial charge in [0.05, 0.1) is 5.92 Å². The number of carbonyl (C=O) groups is 3. The summed E-state index contributed by atoms with van der Waals surface area (Å²) in [5.41, 5.74) is 1.16. The number of carboxylic acid groups (broad SMARTS) is 1. The summed E-state index contributed by atoms with van der Waals surface area (Å²) in [4.78, 5) is 37.7. The van der Waals surface area contributed by atoms with Crippen LogP contribution in [0.4, 0.5) is 0 Å². The predicted octanol–water partition coefficient (Wildman–Crippen LogP) is 2.23. The number of hydrogen-bond acceptors (Lipinski definition) is 3. The molecule has 1 aliphatic heterocycles. The van der Waals surface area contributed by atoms with Crippen molar-refractivity contribution in [3.63, 3.8) is 0 Å². The molecule has 1 saturated heterocycles. The molecule has 146 valence electrons. The smallest absolute Gasteiger partial charge is 0.306 e. The summed E-state index contributed by atoms with van der Waals surface area (Å²) in [6.07, 6.45) is 4.49. The highest BCUT2D eigenvalue weighted by molar-refractivity contribution is 5.80. The summed E-state index contributed by atoms with van der Waals surface area (Å²) in [5.74, 6) is -1.01. The quantitative estimate of drug-likeness (QED) is 0.802. The van der Waals surface area contributed by atoms with Crippen molar-refractivity contribution in [1.29, 1.82) is 0 Å². The zero-order valence-corrected chi connectivity index (χ0v) is 15.6. The van der Waals surface area contributed by atoms with Crippen molar-refractivity contribution in [1.82, 2.24) is 10.2 Å². The molecular formula is C21H28N2O4. The second kappa shape index (κ2) is 9.02. The third-order valence-corrected chi connectivity index (χ3v) is 5.82. The lowest BCUT2D eigenvalue weighted by Crippen LogP contribution is -2.45. The van der Waals surface area contributed by atoms with Crippen LogP contribution >= 0.6 is 0 Å². The Morgan fingerprint density at radius 2 is 1.70 bits per heavy atom. The molecule has 2 atom stereocenters. The van der Waals surface area contributed by atoms with Gasteiger partial charge in [0.1, 0.15) is 0 Å². The monoisotopic (exact) mass is 372 g/mol. The van der Waals surface area contributed by atoms with Gasteiger partial charge in [0.25, 0.3) is 0 Å². The highest BCUT2D eigenvalue weighted by Gasteiger charge is 2.33. The summed E-state index contributed by atoms with van der Waals surface area (Å²) in [6, 6.07) is 9.96. The summed E-state index contributed by atoms with van der Waals surface area (Å²) in [7, 11) is 0. The highest BCUT2D eigenvalue weighted by Crippen LogP contribution is 2.27. The van der Waals surface area contributed by atoms with Gasteiger partial charge in [-0.25, -0.2) is 0 Å².